The number of hydrogen-bond donors (Lipinski definition) is 1. The van der Waals surface area contributed by atoms with Crippen molar-refractivity contribution in [3.05, 3.63) is 64.1 Å². The summed E-state index contributed by atoms with van der Waals surface area (Å²) in [6.45, 7) is 3.42. The van der Waals surface area contributed by atoms with Gasteiger partial charge in [0.1, 0.15) is 17.5 Å². The van der Waals surface area contributed by atoms with E-state index in [4.69, 9.17) is 14.2 Å². The first-order chi connectivity index (χ1) is 20.1. The van der Waals surface area contributed by atoms with Gasteiger partial charge in [-0.15, -0.1) is 5.10 Å². The quantitative estimate of drug-likeness (QED) is 0.490. The molecule has 218 valence electrons. The highest BCUT2D eigenvalue weighted by molar-refractivity contribution is 7.07. The van der Waals surface area contributed by atoms with Crippen LogP contribution in [0, 0.1) is 0 Å². The summed E-state index contributed by atoms with van der Waals surface area (Å²) in [5, 5.41) is 15.9. The zero-order valence-electron chi connectivity index (χ0n) is 23.2. The molecule has 11 nitrogen and oxygen atoms in total. The Morgan fingerprint density at radius 3 is 2.90 bits per heavy atom. The first-order valence-electron chi connectivity index (χ1n) is 14.2. The smallest absolute Gasteiger partial charge is 0.258 e. The summed E-state index contributed by atoms with van der Waals surface area (Å²) in [4.78, 5) is 31.7. The minimum Gasteiger partial charge on any atom is -0.493 e. The molecule has 2 fully saturated rings. The Labute approximate surface area is 243 Å². The third-order valence-electron chi connectivity index (χ3n) is 8.08. The molecule has 3 aliphatic rings. The number of nitrogens with one attached hydrogen (secondary N) is 1. The summed E-state index contributed by atoms with van der Waals surface area (Å²) in [6, 6.07) is 8.67. The van der Waals surface area contributed by atoms with E-state index in [1.165, 1.54) is 5.56 Å². The molecule has 5 heterocycles. The number of para-hydroxylation sites is 1. The molecule has 0 saturated carbocycles. The van der Waals surface area contributed by atoms with Crippen LogP contribution in [0.5, 0.6) is 5.75 Å². The number of piperazine rings is 1. The zero-order chi connectivity index (χ0) is 28.2. The number of rotatable bonds is 5. The van der Waals surface area contributed by atoms with Gasteiger partial charge in [-0.1, -0.05) is 17.3 Å². The molecule has 4 atom stereocenters. The van der Waals surface area contributed by atoms with Gasteiger partial charge in [0, 0.05) is 46.3 Å². The zero-order valence-corrected chi connectivity index (χ0v) is 24.0. The summed E-state index contributed by atoms with van der Waals surface area (Å²) in [6.07, 6.45) is 3.88. The van der Waals surface area contributed by atoms with Gasteiger partial charge in [0.05, 0.1) is 43.2 Å². The van der Waals surface area contributed by atoms with Crippen LogP contribution in [-0.4, -0.2) is 94.8 Å². The Hall–Kier alpha value is -3.32. The van der Waals surface area contributed by atoms with Crippen molar-refractivity contribution in [3.8, 4) is 5.75 Å². The van der Waals surface area contributed by atoms with Crippen molar-refractivity contribution in [3.63, 3.8) is 0 Å². The van der Waals surface area contributed by atoms with Crippen molar-refractivity contribution in [2.45, 2.75) is 56.7 Å². The highest BCUT2D eigenvalue weighted by atomic mass is 32.1. The van der Waals surface area contributed by atoms with Gasteiger partial charge >= 0.3 is 0 Å². The van der Waals surface area contributed by atoms with E-state index in [9.17, 15) is 9.59 Å². The SMILES string of the molecule is COCc1cn([C@@H]2CC[C@H]3CCOc4ccccc4C(=O)N4CCN(Cc5ccsc5)C[C@H]4C(=O)NC[C@H]2O3)nn1. The van der Waals surface area contributed by atoms with Crippen molar-refractivity contribution in [2.75, 3.05) is 39.9 Å². The second-order valence-electron chi connectivity index (χ2n) is 10.8. The normalized spacial score (nSPS) is 25.9. The van der Waals surface area contributed by atoms with Crippen LogP contribution in [-0.2, 0) is 27.4 Å². The second-order valence-corrected chi connectivity index (χ2v) is 11.6. The van der Waals surface area contributed by atoms with Crippen LogP contribution in [0.3, 0.4) is 0 Å². The molecule has 1 aromatic carbocycles. The average molecular weight is 581 g/mol. The Kier molecular flexibility index (Phi) is 8.61. The number of ether oxygens (including phenoxy) is 3. The molecular weight excluding hydrogens is 544 g/mol. The molecule has 0 aliphatic carbocycles. The molecule has 12 heteroatoms. The van der Waals surface area contributed by atoms with E-state index in [0.717, 1.165) is 25.1 Å². The van der Waals surface area contributed by atoms with E-state index < -0.39 is 6.04 Å². The lowest BCUT2D eigenvalue weighted by atomic mass is 9.96. The third kappa shape index (κ3) is 6.30. The molecule has 3 aliphatic heterocycles. The predicted molar refractivity (Wildman–Crippen MR) is 152 cm³/mol. The maximum Gasteiger partial charge on any atom is 0.258 e. The van der Waals surface area contributed by atoms with E-state index in [-0.39, 0.29) is 30.1 Å². The third-order valence-corrected chi connectivity index (χ3v) is 8.81. The fourth-order valence-electron chi connectivity index (χ4n) is 5.97. The van der Waals surface area contributed by atoms with Gasteiger partial charge in [-0.05, 0) is 47.4 Å². The molecule has 2 bridgehead atoms. The summed E-state index contributed by atoms with van der Waals surface area (Å²) in [5.74, 6) is 0.163. The number of hydrogen-bond acceptors (Lipinski definition) is 9. The van der Waals surface area contributed by atoms with E-state index in [1.807, 2.05) is 29.1 Å². The molecule has 6 rings (SSSR count). The van der Waals surface area contributed by atoms with Crippen molar-refractivity contribution < 1.29 is 23.8 Å². The minimum atomic E-state index is -0.650. The van der Waals surface area contributed by atoms with Gasteiger partial charge in [-0.3, -0.25) is 14.5 Å². The number of thiophene rings is 1. The van der Waals surface area contributed by atoms with Crippen LogP contribution in [0.25, 0.3) is 0 Å². The van der Waals surface area contributed by atoms with Crippen molar-refractivity contribution >= 4 is 23.2 Å². The number of nitrogens with zero attached hydrogens (tertiary/aromatic N) is 5. The number of carbonyl (C=O) groups excluding carboxylic acids is 2. The van der Waals surface area contributed by atoms with Crippen LogP contribution in [0.4, 0.5) is 0 Å². The largest absolute Gasteiger partial charge is 0.493 e. The Morgan fingerprint density at radius 1 is 1.15 bits per heavy atom. The first kappa shape index (κ1) is 27.8. The minimum absolute atomic E-state index is 0.0341. The topological polar surface area (TPSA) is 111 Å². The van der Waals surface area contributed by atoms with Crippen LogP contribution in [0.2, 0.25) is 0 Å². The van der Waals surface area contributed by atoms with Crippen LogP contribution in [0.1, 0.15) is 46.9 Å². The lowest BCUT2D eigenvalue weighted by molar-refractivity contribution is -0.130. The second kappa shape index (κ2) is 12.7. The number of amides is 2. The van der Waals surface area contributed by atoms with Gasteiger partial charge in [-0.25, -0.2) is 4.68 Å². The molecule has 0 unspecified atom stereocenters. The van der Waals surface area contributed by atoms with Crippen molar-refractivity contribution in [1.29, 1.82) is 0 Å². The monoisotopic (exact) mass is 580 g/mol. The highest BCUT2D eigenvalue weighted by Gasteiger charge is 2.39. The maximum absolute atomic E-state index is 13.9. The van der Waals surface area contributed by atoms with Gasteiger partial charge < -0.3 is 24.4 Å². The number of carbonyl (C=O) groups is 2. The average Bonchev–Trinajstić information content (AvgIpc) is 3.68. The number of methoxy groups -OCH3 is 1. The van der Waals surface area contributed by atoms with Crippen molar-refractivity contribution in [1.82, 2.24) is 30.1 Å². The molecule has 3 aromatic rings. The van der Waals surface area contributed by atoms with E-state index in [1.54, 1.807) is 29.4 Å². The lowest BCUT2D eigenvalue weighted by Crippen LogP contribution is -2.61. The summed E-state index contributed by atoms with van der Waals surface area (Å²) in [5.41, 5.74) is 2.43. The fourth-order valence-corrected chi connectivity index (χ4v) is 6.63. The Balaban J connectivity index is 1.27. The van der Waals surface area contributed by atoms with Gasteiger partial charge in [0.15, 0.2) is 0 Å². The molecule has 2 amide bonds. The Morgan fingerprint density at radius 2 is 2.05 bits per heavy atom. The van der Waals surface area contributed by atoms with E-state index >= 15 is 0 Å². The first-order valence-corrected chi connectivity index (χ1v) is 15.1. The van der Waals surface area contributed by atoms with Gasteiger partial charge in [0.25, 0.3) is 5.91 Å². The molecular formula is C29H36N6O5S. The van der Waals surface area contributed by atoms with E-state index in [2.05, 4.69) is 37.4 Å². The van der Waals surface area contributed by atoms with Gasteiger partial charge in [0.2, 0.25) is 5.91 Å². The summed E-state index contributed by atoms with van der Waals surface area (Å²) >= 11 is 1.66. The molecule has 2 saturated heterocycles. The predicted octanol–water partition coefficient (Wildman–Crippen LogP) is 2.50. The Bertz CT molecular complexity index is 1330. The lowest BCUT2D eigenvalue weighted by Gasteiger charge is -2.41. The van der Waals surface area contributed by atoms with Gasteiger partial charge in [-0.2, -0.15) is 11.3 Å². The van der Waals surface area contributed by atoms with Crippen LogP contribution < -0.4 is 10.1 Å². The standard InChI is InChI=1S/C29H36N6O5S/c1-38-18-21-16-35(32-31-21)24-7-6-22-8-12-39-26-5-3-2-4-23(26)29(37)34-11-10-33(15-20-9-13-41-19-20)17-25(34)28(36)30-14-27(24)40-22/h2-5,9,13,16,19,22,24-25,27H,6-8,10-12,14-15,17-18H2,1H3,(H,30,36)/t22-,24+,25-,27+/m0/s1. The van der Waals surface area contributed by atoms with Crippen LogP contribution >= 0.6 is 11.3 Å². The number of benzene rings is 1. The fraction of sp³-hybridized carbons (Fsp3) is 0.517. The van der Waals surface area contributed by atoms with E-state index in [0.29, 0.717) is 57.1 Å². The number of aromatic nitrogens is 3. The van der Waals surface area contributed by atoms with Crippen LogP contribution in [0.15, 0.2) is 47.3 Å². The maximum atomic E-state index is 13.9. The molecule has 0 radical (unpaired) electrons. The number of fused-ring (bicyclic) bond motifs is 4. The summed E-state index contributed by atoms with van der Waals surface area (Å²) < 4.78 is 19.7. The molecule has 1 N–H and O–H groups in total. The molecule has 0 spiro atoms. The van der Waals surface area contributed by atoms with Crippen molar-refractivity contribution in [2.24, 2.45) is 0 Å². The summed E-state index contributed by atoms with van der Waals surface area (Å²) in [7, 11) is 1.63. The molecule has 41 heavy (non-hydrogen) atoms. The highest BCUT2D eigenvalue weighted by Crippen LogP contribution is 2.31. The molecule has 2 aromatic heterocycles.